The van der Waals surface area contributed by atoms with E-state index in [2.05, 4.69) is 0 Å². The second-order valence-electron chi connectivity index (χ2n) is 5.13. The number of carbonyl (C=O) groups excluding carboxylic acids is 2. The molecule has 1 aliphatic heterocycles. The van der Waals surface area contributed by atoms with Crippen LogP contribution in [0.5, 0.6) is 0 Å². The summed E-state index contributed by atoms with van der Waals surface area (Å²) in [6.45, 7) is 1.75. The monoisotopic (exact) mass is 377 g/mol. The molecule has 0 spiro atoms. The minimum atomic E-state index is -0.170. The average molecular weight is 378 g/mol. The third-order valence-electron chi connectivity index (χ3n) is 3.56. The third-order valence-corrected chi connectivity index (χ3v) is 5.20. The van der Waals surface area contributed by atoms with Crippen molar-refractivity contribution in [1.29, 1.82) is 0 Å². The van der Waals surface area contributed by atoms with E-state index in [1.54, 1.807) is 37.4 Å². The fourth-order valence-electron chi connectivity index (χ4n) is 2.36. The van der Waals surface area contributed by atoms with Crippen molar-refractivity contribution >= 4 is 52.3 Å². The molecule has 1 heterocycles. The lowest BCUT2D eigenvalue weighted by Gasteiger charge is -2.20. The molecule has 122 valence electrons. The second kappa shape index (κ2) is 7.01. The topological polar surface area (TPSA) is 37.4 Å². The lowest BCUT2D eigenvalue weighted by molar-refractivity contribution is -0.117. The van der Waals surface area contributed by atoms with E-state index in [1.807, 2.05) is 18.2 Å². The molecular formula is C18H13Cl2NO2S. The number of anilines is 1. The van der Waals surface area contributed by atoms with Crippen molar-refractivity contribution in [3.05, 3.63) is 69.2 Å². The number of halogens is 2. The molecule has 3 rings (SSSR count). The van der Waals surface area contributed by atoms with E-state index in [1.165, 1.54) is 16.7 Å². The molecule has 0 saturated carbocycles. The van der Waals surface area contributed by atoms with Gasteiger partial charge < -0.3 is 0 Å². The number of benzene rings is 2. The first kappa shape index (κ1) is 17.1. The SMILES string of the molecule is CCC(=O)N(/C=C1\Sc2ccccc2C1=O)c1cc(Cl)ccc1Cl. The number of rotatable bonds is 3. The summed E-state index contributed by atoms with van der Waals surface area (Å²) in [5, 5.41) is 0.862. The van der Waals surface area contributed by atoms with Crippen molar-refractivity contribution in [1.82, 2.24) is 0 Å². The van der Waals surface area contributed by atoms with Crippen LogP contribution in [0.3, 0.4) is 0 Å². The Hall–Kier alpha value is -1.75. The summed E-state index contributed by atoms with van der Waals surface area (Å²) in [7, 11) is 0. The zero-order chi connectivity index (χ0) is 17.3. The number of hydrogen-bond donors (Lipinski definition) is 0. The van der Waals surface area contributed by atoms with Gasteiger partial charge in [0.1, 0.15) is 0 Å². The van der Waals surface area contributed by atoms with Gasteiger partial charge in [-0.05, 0) is 30.3 Å². The van der Waals surface area contributed by atoms with Gasteiger partial charge in [-0.25, -0.2) is 0 Å². The van der Waals surface area contributed by atoms with Gasteiger partial charge in [-0.3, -0.25) is 14.5 Å². The van der Waals surface area contributed by atoms with E-state index < -0.39 is 0 Å². The molecule has 3 nitrogen and oxygen atoms in total. The highest BCUT2D eigenvalue weighted by Crippen LogP contribution is 2.41. The Morgan fingerprint density at radius 3 is 2.67 bits per heavy atom. The van der Waals surface area contributed by atoms with Gasteiger partial charge in [-0.1, -0.05) is 54.0 Å². The highest BCUT2D eigenvalue weighted by atomic mass is 35.5. The van der Waals surface area contributed by atoms with E-state index in [0.717, 1.165) is 4.90 Å². The minimum absolute atomic E-state index is 0.0948. The Labute approximate surface area is 154 Å². The van der Waals surface area contributed by atoms with Crippen LogP contribution in [0.2, 0.25) is 10.0 Å². The zero-order valence-corrected chi connectivity index (χ0v) is 15.1. The van der Waals surface area contributed by atoms with Crippen LogP contribution in [0.15, 0.2) is 58.5 Å². The van der Waals surface area contributed by atoms with E-state index in [-0.39, 0.29) is 18.1 Å². The Morgan fingerprint density at radius 2 is 1.96 bits per heavy atom. The number of Topliss-reactive ketones (excluding diaryl/α,β-unsaturated/α-hetero) is 1. The van der Waals surface area contributed by atoms with Crippen molar-refractivity contribution in [3.63, 3.8) is 0 Å². The molecule has 0 radical (unpaired) electrons. The number of thioether (sulfide) groups is 1. The molecule has 1 amide bonds. The Kier molecular flexibility index (Phi) is 4.99. The van der Waals surface area contributed by atoms with E-state index >= 15 is 0 Å². The first-order chi connectivity index (χ1) is 11.5. The van der Waals surface area contributed by atoms with Gasteiger partial charge in [-0.15, -0.1) is 0 Å². The molecule has 6 heteroatoms. The highest BCUT2D eigenvalue weighted by molar-refractivity contribution is 8.04. The summed E-state index contributed by atoms with van der Waals surface area (Å²) >= 11 is 13.6. The van der Waals surface area contributed by atoms with Crippen molar-refractivity contribution in [2.75, 3.05) is 4.90 Å². The van der Waals surface area contributed by atoms with Crippen molar-refractivity contribution in [3.8, 4) is 0 Å². The Balaban J connectivity index is 2.05. The summed E-state index contributed by atoms with van der Waals surface area (Å²) in [6, 6.07) is 12.3. The predicted molar refractivity (Wildman–Crippen MR) is 99.0 cm³/mol. The van der Waals surface area contributed by atoms with E-state index in [4.69, 9.17) is 23.2 Å². The standard InChI is InChI=1S/C18H13Cl2NO2S/c1-2-17(22)21(14-9-11(19)7-8-13(14)20)10-16-18(23)12-5-3-4-6-15(12)24-16/h3-10H,2H2,1H3/b16-10-. The molecule has 24 heavy (non-hydrogen) atoms. The first-order valence-corrected chi connectivity index (χ1v) is 8.89. The molecule has 0 aromatic heterocycles. The number of fused-ring (bicyclic) bond motifs is 1. The van der Waals surface area contributed by atoms with Crippen molar-refractivity contribution in [2.45, 2.75) is 18.2 Å². The van der Waals surface area contributed by atoms with Gasteiger partial charge in [0.05, 0.1) is 15.6 Å². The maximum absolute atomic E-state index is 12.5. The molecule has 0 fully saturated rings. The quantitative estimate of drug-likeness (QED) is 0.656. The van der Waals surface area contributed by atoms with Crippen LogP contribution in [-0.2, 0) is 4.79 Å². The van der Waals surface area contributed by atoms with Crippen LogP contribution in [-0.4, -0.2) is 11.7 Å². The molecule has 0 atom stereocenters. The molecule has 0 bridgehead atoms. The smallest absolute Gasteiger partial charge is 0.230 e. The molecule has 0 unspecified atom stereocenters. The van der Waals surface area contributed by atoms with Crippen LogP contribution in [0.25, 0.3) is 0 Å². The van der Waals surface area contributed by atoms with Crippen LogP contribution in [0, 0.1) is 0 Å². The minimum Gasteiger partial charge on any atom is -0.288 e. The van der Waals surface area contributed by atoms with Gasteiger partial charge in [-0.2, -0.15) is 0 Å². The number of nitrogens with zero attached hydrogens (tertiary/aromatic N) is 1. The van der Waals surface area contributed by atoms with Gasteiger partial charge in [0.15, 0.2) is 0 Å². The fourth-order valence-corrected chi connectivity index (χ4v) is 3.75. The predicted octanol–water partition coefficient (Wildman–Crippen LogP) is 5.57. The van der Waals surface area contributed by atoms with Crippen LogP contribution < -0.4 is 4.90 Å². The van der Waals surface area contributed by atoms with E-state index in [0.29, 0.717) is 26.2 Å². The summed E-state index contributed by atoms with van der Waals surface area (Å²) in [5.41, 5.74) is 1.11. The maximum atomic E-state index is 12.5. The van der Waals surface area contributed by atoms with Gasteiger partial charge in [0.2, 0.25) is 11.7 Å². The molecule has 0 aliphatic carbocycles. The van der Waals surface area contributed by atoms with Gasteiger partial charge >= 0.3 is 0 Å². The molecule has 2 aromatic carbocycles. The highest BCUT2D eigenvalue weighted by Gasteiger charge is 2.27. The largest absolute Gasteiger partial charge is 0.288 e. The van der Waals surface area contributed by atoms with Gasteiger partial charge in [0, 0.05) is 28.1 Å². The zero-order valence-electron chi connectivity index (χ0n) is 12.8. The van der Waals surface area contributed by atoms with Crippen molar-refractivity contribution < 1.29 is 9.59 Å². The number of ketones is 1. The Bertz CT molecular complexity index is 864. The number of allylic oxidation sites excluding steroid dienone is 1. The maximum Gasteiger partial charge on any atom is 0.230 e. The number of amides is 1. The van der Waals surface area contributed by atoms with Crippen LogP contribution in [0.1, 0.15) is 23.7 Å². The molecule has 1 aliphatic rings. The van der Waals surface area contributed by atoms with Crippen LogP contribution in [0.4, 0.5) is 5.69 Å². The fraction of sp³-hybridized carbons (Fsp3) is 0.111. The second-order valence-corrected chi connectivity index (χ2v) is 7.06. The van der Waals surface area contributed by atoms with Crippen molar-refractivity contribution in [2.24, 2.45) is 0 Å². The summed E-state index contributed by atoms with van der Waals surface area (Å²) in [4.78, 5) is 27.7. The normalized spacial score (nSPS) is 14.8. The molecule has 0 saturated heterocycles. The first-order valence-electron chi connectivity index (χ1n) is 7.31. The average Bonchev–Trinajstić information content (AvgIpc) is 2.91. The summed E-state index contributed by atoms with van der Waals surface area (Å²) in [5.74, 6) is -0.265. The van der Waals surface area contributed by atoms with Gasteiger partial charge in [0.25, 0.3) is 0 Å². The number of carbonyl (C=O) groups is 2. The summed E-state index contributed by atoms with van der Waals surface area (Å²) < 4.78 is 0. The lowest BCUT2D eigenvalue weighted by Crippen LogP contribution is -2.25. The Morgan fingerprint density at radius 1 is 1.21 bits per heavy atom. The number of hydrogen-bond acceptors (Lipinski definition) is 3. The van der Waals surface area contributed by atoms with Crippen LogP contribution >= 0.6 is 35.0 Å². The molecular weight excluding hydrogens is 365 g/mol. The third kappa shape index (κ3) is 3.22. The molecule has 0 N–H and O–H groups in total. The molecule has 2 aromatic rings. The van der Waals surface area contributed by atoms with E-state index in [9.17, 15) is 9.59 Å². The summed E-state index contributed by atoms with van der Waals surface area (Å²) in [6.07, 6.45) is 1.83. The lowest BCUT2D eigenvalue weighted by atomic mass is 10.1.